The zero-order valence-electron chi connectivity index (χ0n) is 23.1. The molecule has 8 aromatic rings. The maximum atomic E-state index is 10.8. The summed E-state index contributed by atoms with van der Waals surface area (Å²) in [6, 6.07) is 43.4. The van der Waals surface area contributed by atoms with Crippen LogP contribution in [0.15, 0.2) is 124 Å². The van der Waals surface area contributed by atoms with Crippen molar-refractivity contribution in [1.29, 1.82) is 15.8 Å². The predicted molar refractivity (Wildman–Crippen MR) is 171 cm³/mol. The smallest absolute Gasteiger partial charge is 0.136 e. The van der Waals surface area contributed by atoms with Gasteiger partial charge in [0.25, 0.3) is 0 Å². The van der Waals surface area contributed by atoms with Gasteiger partial charge in [0.2, 0.25) is 0 Å². The van der Waals surface area contributed by atoms with Crippen LogP contribution in [0, 0.1) is 34.0 Å². The van der Waals surface area contributed by atoms with Crippen LogP contribution < -0.4 is 0 Å². The summed E-state index contributed by atoms with van der Waals surface area (Å²) in [6.07, 6.45) is 0. The monoisotopic (exact) mass is 561 g/mol. The molecule has 0 unspecified atom stereocenters. The quantitative estimate of drug-likeness (QED) is 0.214. The largest absolute Gasteiger partial charge is 0.456 e. The summed E-state index contributed by atoms with van der Waals surface area (Å²) in [5.74, 6) is 0. The molecule has 0 fully saturated rings. The molecule has 6 aromatic carbocycles. The van der Waals surface area contributed by atoms with Gasteiger partial charge in [-0.2, -0.15) is 15.8 Å². The molecule has 0 aliphatic carbocycles. The molecular weight excluding hydrogens is 542 g/mol. The number of furan rings is 2. The Balaban J connectivity index is 1.57. The molecular formula is C39H19N3O2. The van der Waals surface area contributed by atoms with Crippen molar-refractivity contribution in [2.45, 2.75) is 0 Å². The molecule has 0 saturated heterocycles. The van der Waals surface area contributed by atoms with Gasteiger partial charge in [-0.25, -0.2) is 0 Å². The molecule has 2 heterocycles. The van der Waals surface area contributed by atoms with Crippen LogP contribution in [0.2, 0.25) is 0 Å². The molecule has 0 bridgehead atoms. The van der Waals surface area contributed by atoms with E-state index in [1.54, 1.807) is 18.2 Å². The van der Waals surface area contributed by atoms with E-state index in [-0.39, 0.29) is 0 Å². The SMILES string of the molecule is N#Cc1cccc(-c2c(C#N)c(-c3cccc4oc5ccccc5c34)cc(-c3cccc4oc5ccccc5c34)c2C#N)c1. The van der Waals surface area contributed by atoms with Gasteiger partial charge >= 0.3 is 0 Å². The molecule has 202 valence electrons. The number of fused-ring (bicyclic) bond motifs is 6. The summed E-state index contributed by atoms with van der Waals surface area (Å²) in [5, 5.41) is 34.9. The highest BCUT2D eigenvalue weighted by Crippen LogP contribution is 2.46. The molecule has 0 saturated carbocycles. The van der Waals surface area contributed by atoms with Crippen LogP contribution in [0.1, 0.15) is 16.7 Å². The maximum absolute atomic E-state index is 10.8. The van der Waals surface area contributed by atoms with E-state index in [1.165, 1.54) is 0 Å². The van der Waals surface area contributed by atoms with Crippen LogP contribution in [0.25, 0.3) is 77.3 Å². The number of benzene rings is 6. The predicted octanol–water partition coefficient (Wildman–Crippen LogP) is 10.1. The van der Waals surface area contributed by atoms with Gasteiger partial charge in [-0.15, -0.1) is 0 Å². The zero-order valence-corrected chi connectivity index (χ0v) is 23.1. The van der Waals surface area contributed by atoms with Crippen molar-refractivity contribution >= 4 is 43.9 Å². The van der Waals surface area contributed by atoms with E-state index in [9.17, 15) is 15.8 Å². The Morgan fingerprint density at radius 3 is 1.45 bits per heavy atom. The van der Waals surface area contributed by atoms with E-state index in [0.29, 0.717) is 50.1 Å². The Morgan fingerprint density at radius 2 is 0.932 bits per heavy atom. The van der Waals surface area contributed by atoms with Crippen molar-refractivity contribution in [1.82, 2.24) is 0 Å². The number of hydrogen-bond donors (Lipinski definition) is 0. The Labute approximate surface area is 251 Å². The van der Waals surface area contributed by atoms with Crippen LogP contribution in [-0.4, -0.2) is 0 Å². The minimum Gasteiger partial charge on any atom is -0.456 e. The first-order valence-electron chi connectivity index (χ1n) is 14.0. The standard InChI is InChI=1S/C39H19N3O2/c40-20-23-8-5-9-24(18-23)37-31(21-41)29(25-12-6-16-35-38(25)27-10-1-3-14-33(27)43-35)19-30(32(37)22-42)26-13-7-17-36-39(26)28-11-2-4-15-34(28)44-36/h1-19H. The lowest BCUT2D eigenvalue weighted by atomic mass is 9.82. The van der Waals surface area contributed by atoms with Crippen LogP contribution in [0.3, 0.4) is 0 Å². The average Bonchev–Trinajstić information content (AvgIpc) is 3.66. The summed E-state index contributed by atoms with van der Waals surface area (Å²) >= 11 is 0. The van der Waals surface area contributed by atoms with Crippen molar-refractivity contribution in [2.75, 3.05) is 0 Å². The molecule has 5 nitrogen and oxygen atoms in total. The van der Waals surface area contributed by atoms with E-state index in [2.05, 4.69) is 18.2 Å². The molecule has 8 rings (SSSR count). The molecule has 0 aliphatic heterocycles. The molecule has 2 aromatic heterocycles. The van der Waals surface area contributed by atoms with Crippen molar-refractivity contribution in [3.05, 3.63) is 132 Å². The second-order valence-electron chi connectivity index (χ2n) is 10.6. The number of rotatable bonds is 3. The molecule has 0 radical (unpaired) electrons. The normalized spacial score (nSPS) is 11.1. The van der Waals surface area contributed by atoms with E-state index in [0.717, 1.165) is 43.8 Å². The minimum atomic E-state index is 0.349. The topological polar surface area (TPSA) is 97.7 Å². The van der Waals surface area contributed by atoms with Crippen molar-refractivity contribution in [3.8, 4) is 51.6 Å². The second-order valence-corrected chi connectivity index (χ2v) is 10.6. The average molecular weight is 562 g/mol. The summed E-state index contributed by atoms with van der Waals surface area (Å²) in [5.41, 5.74) is 8.11. The molecule has 0 atom stereocenters. The minimum absolute atomic E-state index is 0.349. The van der Waals surface area contributed by atoms with E-state index in [1.807, 2.05) is 97.1 Å². The number of para-hydroxylation sites is 2. The van der Waals surface area contributed by atoms with Crippen molar-refractivity contribution in [2.24, 2.45) is 0 Å². The van der Waals surface area contributed by atoms with Gasteiger partial charge in [0, 0.05) is 38.2 Å². The Hall–Kier alpha value is -6.61. The third kappa shape index (κ3) is 3.63. The number of hydrogen-bond acceptors (Lipinski definition) is 5. The zero-order chi connectivity index (χ0) is 29.8. The van der Waals surface area contributed by atoms with E-state index >= 15 is 0 Å². The number of nitrogens with zero attached hydrogens (tertiary/aromatic N) is 3. The van der Waals surface area contributed by atoms with Crippen LogP contribution >= 0.6 is 0 Å². The van der Waals surface area contributed by atoms with Crippen LogP contribution in [0.5, 0.6) is 0 Å². The van der Waals surface area contributed by atoms with E-state index in [4.69, 9.17) is 8.83 Å². The van der Waals surface area contributed by atoms with Crippen molar-refractivity contribution < 1.29 is 8.83 Å². The summed E-state index contributed by atoms with van der Waals surface area (Å²) in [7, 11) is 0. The number of nitriles is 3. The molecule has 5 heteroatoms. The van der Waals surface area contributed by atoms with Gasteiger partial charge in [-0.1, -0.05) is 72.8 Å². The summed E-state index contributed by atoms with van der Waals surface area (Å²) in [4.78, 5) is 0. The third-order valence-corrected chi connectivity index (χ3v) is 8.22. The van der Waals surface area contributed by atoms with Gasteiger partial charge in [0.15, 0.2) is 0 Å². The lowest BCUT2D eigenvalue weighted by molar-refractivity contribution is 0.668. The third-order valence-electron chi connectivity index (χ3n) is 8.22. The van der Waals surface area contributed by atoms with Crippen LogP contribution in [-0.2, 0) is 0 Å². The lowest BCUT2D eigenvalue weighted by Gasteiger charge is -2.18. The first-order valence-corrected chi connectivity index (χ1v) is 14.0. The van der Waals surface area contributed by atoms with Gasteiger partial charge < -0.3 is 8.83 Å². The highest BCUT2D eigenvalue weighted by molar-refractivity contribution is 6.16. The maximum Gasteiger partial charge on any atom is 0.136 e. The highest BCUT2D eigenvalue weighted by atomic mass is 16.3. The van der Waals surface area contributed by atoms with E-state index < -0.39 is 0 Å². The fraction of sp³-hybridized carbons (Fsp3) is 0. The Morgan fingerprint density at radius 1 is 0.432 bits per heavy atom. The molecule has 0 N–H and O–H groups in total. The van der Waals surface area contributed by atoms with Crippen LogP contribution in [0.4, 0.5) is 0 Å². The van der Waals surface area contributed by atoms with Gasteiger partial charge in [-0.05, 0) is 59.2 Å². The first kappa shape index (κ1) is 25.1. The Kier molecular flexibility index (Phi) is 5.56. The van der Waals surface area contributed by atoms with Gasteiger partial charge in [0.1, 0.15) is 34.5 Å². The molecule has 0 aliphatic rings. The molecule has 0 spiro atoms. The fourth-order valence-corrected chi connectivity index (χ4v) is 6.37. The summed E-state index contributed by atoms with van der Waals surface area (Å²) in [6.45, 7) is 0. The lowest BCUT2D eigenvalue weighted by Crippen LogP contribution is -1.99. The second kappa shape index (κ2) is 9.74. The first-order chi connectivity index (χ1) is 21.7. The molecule has 44 heavy (non-hydrogen) atoms. The molecule has 0 amide bonds. The van der Waals surface area contributed by atoms with Gasteiger partial charge in [-0.3, -0.25) is 0 Å². The highest BCUT2D eigenvalue weighted by Gasteiger charge is 2.25. The summed E-state index contributed by atoms with van der Waals surface area (Å²) < 4.78 is 12.4. The van der Waals surface area contributed by atoms with Crippen molar-refractivity contribution in [3.63, 3.8) is 0 Å². The fourth-order valence-electron chi connectivity index (χ4n) is 6.37. The Bertz CT molecular complexity index is 2450. The van der Waals surface area contributed by atoms with Gasteiger partial charge in [0.05, 0.1) is 22.8 Å².